The van der Waals surface area contributed by atoms with Gasteiger partial charge in [-0.25, -0.2) is 0 Å². The molecule has 2 nitrogen and oxygen atoms in total. The first-order valence-electron chi connectivity index (χ1n) is 5.79. The number of thioether (sulfide) groups is 6. The first kappa shape index (κ1) is 13.7. The highest BCUT2D eigenvalue weighted by Gasteiger charge is 2.32. The minimum Gasteiger partial charge on any atom is -0.484 e. The molecule has 0 radical (unpaired) electrons. The predicted molar refractivity (Wildman–Crippen MR) is 93.1 cm³/mol. The van der Waals surface area contributed by atoms with Gasteiger partial charge in [0.1, 0.15) is 6.61 Å². The Kier molecular flexibility index (Phi) is 4.38. The molecule has 0 aromatic heterocycles. The molecule has 4 heterocycles. The molecule has 0 N–H and O–H groups in total. The second-order valence-corrected chi connectivity index (χ2v) is 11.2. The SMILES string of the molecule is C1COC2=C(CO1)SC(=C1SC3=C(SCCS3)S1)S2. The second-order valence-electron chi connectivity index (χ2n) is 3.87. The van der Waals surface area contributed by atoms with Crippen molar-refractivity contribution in [2.24, 2.45) is 0 Å². The monoisotopic (exact) mass is 366 g/mol. The Morgan fingerprint density at radius 1 is 0.737 bits per heavy atom. The zero-order valence-corrected chi connectivity index (χ0v) is 14.7. The van der Waals surface area contributed by atoms with Crippen LogP contribution in [0.5, 0.6) is 0 Å². The van der Waals surface area contributed by atoms with Crippen molar-refractivity contribution in [3.63, 3.8) is 0 Å². The largest absolute Gasteiger partial charge is 0.484 e. The molecular weight excluding hydrogens is 357 g/mol. The van der Waals surface area contributed by atoms with E-state index in [-0.39, 0.29) is 0 Å². The molecule has 0 atom stereocenters. The van der Waals surface area contributed by atoms with Crippen LogP contribution in [0.4, 0.5) is 0 Å². The third-order valence-corrected chi connectivity index (χ3v) is 11.4. The second kappa shape index (κ2) is 6.06. The molecule has 4 aliphatic heterocycles. The predicted octanol–water partition coefficient (Wildman–Crippen LogP) is 4.90. The van der Waals surface area contributed by atoms with Crippen LogP contribution in [-0.4, -0.2) is 31.3 Å². The summed E-state index contributed by atoms with van der Waals surface area (Å²) in [6, 6.07) is 0. The van der Waals surface area contributed by atoms with E-state index in [4.69, 9.17) is 9.47 Å². The molecule has 0 saturated heterocycles. The first-order valence-corrected chi connectivity index (χ1v) is 11.0. The Labute approximate surface area is 137 Å². The van der Waals surface area contributed by atoms with E-state index in [1.165, 1.54) is 33.4 Å². The van der Waals surface area contributed by atoms with Gasteiger partial charge in [-0.3, -0.25) is 0 Å². The molecule has 0 aliphatic carbocycles. The van der Waals surface area contributed by atoms with Crippen LogP contribution in [0.15, 0.2) is 26.9 Å². The average molecular weight is 367 g/mol. The standard InChI is InChI=1S/C11H10O2S6/c1-2-13-7-6(5-12-1)16-10(17-7)11-18-8-9(19-11)15-4-3-14-8/h1-5H2. The first-order chi connectivity index (χ1) is 9.40. The van der Waals surface area contributed by atoms with Gasteiger partial charge in [0.05, 0.1) is 35.1 Å². The van der Waals surface area contributed by atoms with Crippen LogP contribution in [0.2, 0.25) is 0 Å². The average Bonchev–Trinajstić information content (AvgIpc) is 2.97. The lowest BCUT2D eigenvalue weighted by molar-refractivity contribution is 0.116. The summed E-state index contributed by atoms with van der Waals surface area (Å²) in [6.45, 7) is 2.08. The normalized spacial score (nSPS) is 27.4. The van der Waals surface area contributed by atoms with Gasteiger partial charge in [0.25, 0.3) is 0 Å². The van der Waals surface area contributed by atoms with Gasteiger partial charge in [0, 0.05) is 11.5 Å². The van der Waals surface area contributed by atoms with E-state index in [0.717, 1.165) is 5.09 Å². The van der Waals surface area contributed by atoms with Crippen LogP contribution in [0.1, 0.15) is 0 Å². The Balaban J connectivity index is 1.52. The molecule has 0 unspecified atom stereocenters. The highest BCUT2D eigenvalue weighted by molar-refractivity contribution is 8.43. The van der Waals surface area contributed by atoms with Crippen LogP contribution in [0.25, 0.3) is 0 Å². The lowest BCUT2D eigenvalue weighted by Gasteiger charge is -2.08. The van der Waals surface area contributed by atoms with Crippen molar-refractivity contribution in [3.8, 4) is 0 Å². The third-order valence-electron chi connectivity index (χ3n) is 2.58. The molecule has 8 heteroatoms. The van der Waals surface area contributed by atoms with Gasteiger partial charge in [-0.15, -0.1) is 23.5 Å². The summed E-state index contributed by atoms with van der Waals surface area (Å²) >= 11 is 11.5. The maximum atomic E-state index is 5.76. The molecule has 4 rings (SSSR count). The minimum absolute atomic E-state index is 0.676. The van der Waals surface area contributed by atoms with Crippen molar-refractivity contribution in [1.29, 1.82) is 0 Å². The highest BCUT2D eigenvalue weighted by atomic mass is 32.3. The van der Waals surface area contributed by atoms with E-state index >= 15 is 0 Å². The molecule has 0 spiro atoms. The van der Waals surface area contributed by atoms with Crippen molar-refractivity contribution in [1.82, 2.24) is 0 Å². The van der Waals surface area contributed by atoms with Crippen molar-refractivity contribution < 1.29 is 9.47 Å². The number of hydrogen-bond donors (Lipinski definition) is 0. The Hall–Kier alpha value is 1.08. The van der Waals surface area contributed by atoms with Gasteiger partial charge in [0.2, 0.25) is 0 Å². The lowest BCUT2D eigenvalue weighted by Crippen LogP contribution is -1.98. The van der Waals surface area contributed by atoms with E-state index in [0.29, 0.717) is 19.8 Å². The summed E-state index contributed by atoms with van der Waals surface area (Å²) in [5.74, 6) is 2.48. The lowest BCUT2D eigenvalue weighted by atomic mass is 10.6. The molecule has 0 aromatic rings. The Morgan fingerprint density at radius 3 is 2.26 bits per heavy atom. The number of hydrogen-bond acceptors (Lipinski definition) is 8. The molecule has 0 fully saturated rings. The zero-order valence-electron chi connectivity index (χ0n) is 9.80. The van der Waals surface area contributed by atoms with Gasteiger partial charge in [-0.1, -0.05) is 35.3 Å². The molecule has 0 saturated carbocycles. The molecule has 4 aliphatic rings. The van der Waals surface area contributed by atoms with E-state index < -0.39 is 0 Å². The molecule has 0 bridgehead atoms. The fourth-order valence-electron chi connectivity index (χ4n) is 1.76. The maximum absolute atomic E-state index is 5.76. The number of rotatable bonds is 0. The topological polar surface area (TPSA) is 18.5 Å². The zero-order chi connectivity index (χ0) is 12.7. The summed E-state index contributed by atoms with van der Waals surface area (Å²) in [5.41, 5.74) is 0. The van der Waals surface area contributed by atoms with Crippen molar-refractivity contribution in [2.45, 2.75) is 0 Å². The van der Waals surface area contributed by atoms with Crippen LogP contribution < -0.4 is 0 Å². The number of ether oxygens (including phenoxy) is 2. The molecule has 102 valence electrons. The summed E-state index contributed by atoms with van der Waals surface area (Å²) < 4.78 is 17.1. The molecule has 0 aromatic carbocycles. The summed E-state index contributed by atoms with van der Waals surface area (Å²) in [5, 5.41) is 1.07. The van der Waals surface area contributed by atoms with Crippen molar-refractivity contribution in [3.05, 3.63) is 26.9 Å². The van der Waals surface area contributed by atoms with Gasteiger partial charge in [0.15, 0.2) is 5.09 Å². The Bertz CT molecular complexity index is 469. The van der Waals surface area contributed by atoms with E-state index in [9.17, 15) is 0 Å². The van der Waals surface area contributed by atoms with Crippen LogP contribution in [-0.2, 0) is 9.47 Å². The third kappa shape index (κ3) is 2.86. The van der Waals surface area contributed by atoms with Crippen LogP contribution in [0, 0.1) is 0 Å². The summed E-state index contributed by atoms with van der Waals surface area (Å²) in [6.07, 6.45) is 0. The maximum Gasteiger partial charge on any atom is 0.170 e. The minimum atomic E-state index is 0.676. The van der Waals surface area contributed by atoms with Gasteiger partial charge in [-0.05, 0) is 11.8 Å². The summed E-state index contributed by atoms with van der Waals surface area (Å²) in [4.78, 5) is 1.25. The smallest absolute Gasteiger partial charge is 0.170 e. The molecule has 19 heavy (non-hydrogen) atoms. The summed E-state index contributed by atoms with van der Waals surface area (Å²) in [7, 11) is 0. The van der Waals surface area contributed by atoms with Crippen molar-refractivity contribution in [2.75, 3.05) is 31.3 Å². The van der Waals surface area contributed by atoms with E-state index in [2.05, 4.69) is 0 Å². The van der Waals surface area contributed by atoms with Gasteiger partial charge >= 0.3 is 0 Å². The quantitative estimate of drug-likeness (QED) is 0.595. The molecule has 0 amide bonds. The van der Waals surface area contributed by atoms with Crippen LogP contribution in [0.3, 0.4) is 0 Å². The van der Waals surface area contributed by atoms with Crippen LogP contribution >= 0.6 is 70.6 Å². The van der Waals surface area contributed by atoms with E-state index in [1.807, 2.05) is 58.8 Å². The van der Waals surface area contributed by atoms with Crippen molar-refractivity contribution >= 4 is 70.6 Å². The fraction of sp³-hybridized carbons (Fsp3) is 0.455. The van der Waals surface area contributed by atoms with Gasteiger partial charge in [-0.2, -0.15) is 0 Å². The Morgan fingerprint density at radius 2 is 1.47 bits per heavy atom. The highest BCUT2D eigenvalue weighted by Crippen LogP contribution is 2.64. The van der Waals surface area contributed by atoms with Gasteiger partial charge < -0.3 is 9.47 Å². The fourth-order valence-corrected chi connectivity index (χ4v) is 10.5. The molecular formula is C11H10O2S6. The van der Waals surface area contributed by atoms with E-state index in [1.54, 1.807) is 11.8 Å².